The molecule has 1 aromatic carbocycles. The number of ether oxygens (including phenoxy) is 1. The predicted molar refractivity (Wildman–Crippen MR) is 73.3 cm³/mol. The zero-order valence-corrected chi connectivity index (χ0v) is 11.3. The van der Waals surface area contributed by atoms with Gasteiger partial charge in [-0.05, 0) is 30.5 Å². The highest BCUT2D eigenvalue weighted by molar-refractivity contribution is 5.78. The average Bonchev–Trinajstić information content (AvgIpc) is 2.46. The minimum absolute atomic E-state index is 0.559. The molecule has 0 radical (unpaired) electrons. The van der Waals surface area contributed by atoms with Gasteiger partial charge in [-0.2, -0.15) is 0 Å². The topological polar surface area (TPSA) is 58.6 Å². The molecular weight excluding hydrogens is 242 g/mol. The first-order valence-corrected chi connectivity index (χ1v) is 6.78. The van der Waals surface area contributed by atoms with Crippen molar-refractivity contribution in [1.82, 2.24) is 5.32 Å². The lowest BCUT2D eigenvalue weighted by molar-refractivity contribution is -0.146. The number of nitrogens with one attached hydrogen (secondary N) is 1. The Morgan fingerprint density at radius 2 is 2.11 bits per heavy atom. The van der Waals surface area contributed by atoms with Crippen molar-refractivity contribution >= 4 is 5.97 Å². The Morgan fingerprint density at radius 1 is 1.37 bits per heavy atom. The molecule has 1 aliphatic carbocycles. The molecule has 1 aliphatic rings. The highest BCUT2D eigenvalue weighted by Gasteiger charge is 2.38. The van der Waals surface area contributed by atoms with E-state index in [-0.39, 0.29) is 0 Å². The van der Waals surface area contributed by atoms with Crippen molar-refractivity contribution in [3.63, 3.8) is 0 Å². The molecule has 1 saturated carbocycles. The van der Waals surface area contributed by atoms with E-state index in [9.17, 15) is 9.90 Å². The minimum atomic E-state index is -0.749. The number of carboxylic acids is 1. The number of hydrogen-bond acceptors (Lipinski definition) is 3. The van der Waals surface area contributed by atoms with E-state index < -0.39 is 11.5 Å². The van der Waals surface area contributed by atoms with E-state index in [4.69, 9.17) is 4.74 Å². The molecule has 19 heavy (non-hydrogen) atoms. The Hall–Kier alpha value is -1.55. The number of aliphatic carboxylic acids is 1. The van der Waals surface area contributed by atoms with E-state index in [1.165, 1.54) is 0 Å². The van der Waals surface area contributed by atoms with Crippen LogP contribution in [0.5, 0.6) is 5.75 Å². The summed E-state index contributed by atoms with van der Waals surface area (Å²) in [4.78, 5) is 11.5. The molecule has 4 nitrogen and oxygen atoms in total. The van der Waals surface area contributed by atoms with Gasteiger partial charge in [-0.3, -0.25) is 10.1 Å². The Balaban J connectivity index is 2.04. The zero-order chi connectivity index (χ0) is 13.7. The fraction of sp³-hybridized carbons (Fsp3) is 0.533. The van der Waals surface area contributed by atoms with Crippen molar-refractivity contribution in [2.24, 2.45) is 0 Å². The molecule has 104 valence electrons. The van der Waals surface area contributed by atoms with E-state index in [0.717, 1.165) is 30.6 Å². The van der Waals surface area contributed by atoms with Crippen molar-refractivity contribution in [2.45, 2.75) is 44.2 Å². The van der Waals surface area contributed by atoms with Gasteiger partial charge in [-0.1, -0.05) is 31.4 Å². The van der Waals surface area contributed by atoms with Gasteiger partial charge in [0.25, 0.3) is 0 Å². The molecule has 0 aliphatic heterocycles. The average molecular weight is 263 g/mol. The Labute approximate surface area is 113 Å². The van der Waals surface area contributed by atoms with Crippen LogP contribution in [0.25, 0.3) is 0 Å². The molecule has 1 aromatic rings. The molecule has 0 aromatic heterocycles. The van der Waals surface area contributed by atoms with Crippen LogP contribution in [0.3, 0.4) is 0 Å². The lowest BCUT2D eigenvalue weighted by atomic mass is 9.81. The monoisotopic (exact) mass is 263 g/mol. The first kappa shape index (κ1) is 13.9. The molecule has 0 atom stereocenters. The van der Waals surface area contributed by atoms with Crippen LogP contribution in [0.15, 0.2) is 24.3 Å². The van der Waals surface area contributed by atoms with Gasteiger partial charge in [0.2, 0.25) is 0 Å². The second-order valence-electron chi connectivity index (χ2n) is 5.15. The van der Waals surface area contributed by atoms with Crippen molar-refractivity contribution in [1.29, 1.82) is 0 Å². The third kappa shape index (κ3) is 3.26. The summed E-state index contributed by atoms with van der Waals surface area (Å²) in [6.45, 7) is 0.559. The molecule has 0 amide bonds. The van der Waals surface area contributed by atoms with Gasteiger partial charge in [-0.15, -0.1) is 0 Å². The molecule has 4 heteroatoms. The molecule has 0 heterocycles. The predicted octanol–water partition coefficient (Wildman–Crippen LogP) is 2.57. The molecule has 2 rings (SSSR count). The van der Waals surface area contributed by atoms with Crippen molar-refractivity contribution in [3.8, 4) is 5.75 Å². The summed E-state index contributed by atoms with van der Waals surface area (Å²) < 4.78 is 5.18. The van der Waals surface area contributed by atoms with Crippen molar-refractivity contribution in [2.75, 3.05) is 7.11 Å². The third-order valence-corrected chi connectivity index (χ3v) is 3.88. The Kier molecular flexibility index (Phi) is 4.43. The number of rotatable bonds is 5. The second-order valence-corrected chi connectivity index (χ2v) is 5.15. The molecular formula is C15H21NO3. The zero-order valence-electron chi connectivity index (χ0n) is 11.3. The first-order valence-electron chi connectivity index (χ1n) is 6.78. The Bertz CT molecular complexity index is 439. The van der Waals surface area contributed by atoms with Crippen LogP contribution in [-0.4, -0.2) is 23.7 Å². The van der Waals surface area contributed by atoms with Crippen LogP contribution in [0, 0.1) is 0 Å². The summed E-state index contributed by atoms with van der Waals surface area (Å²) in [6, 6.07) is 7.72. The number of benzene rings is 1. The van der Waals surface area contributed by atoms with E-state index >= 15 is 0 Å². The van der Waals surface area contributed by atoms with E-state index in [0.29, 0.717) is 19.4 Å². The van der Waals surface area contributed by atoms with Gasteiger partial charge >= 0.3 is 5.97 Å². The molecule has 0 unspecified atom stereocenters. The van der Waals surface area contributed by atoms with Crippen LogP contribution in [0.2, 0.25) is 0 Å². The van der Waals surface area contributed by atoms with E-state index in [1.54, 1.807) is 7.11 Å². The van der Waals surface area contributed by atoms with Gasteiger partial charge in [0.15, 0.2) is 0 Å². The highest BCUT2D eigenvalue weighted by Crippen LogP contribution is 2.29. The first-order chi connectivity index (χ1) is 9.16. The summed E-state index contributed by atoms with van der Waals surface area (Å²) in [6.07, 6.45) is 4.53. The van der Waals surface area contributed by atoms with Crippen LogP contribution in [0.1, 0.15) is 37.7 Å². The fourth-order valence-electron chi connectivity index (χ4n) is 2.68. The van der Waals surface area contributed by atoms with Crippen molar-refractivity contribution in [3.05, 3.63) is 29.8 Å². The standard InChI is InChI=1S/C15H21NO3/c1-19-13-7-5-6-12(10-13)11-16-15(14(17)18)8-3-2-4-9-15/h5-7,10,16H,2-4,8-9,11H2,1H3,(H,17,18). The summed E-state index contributed by atoms with van der Waals surface area (Å²) in [5.41, 5.74) is 0.298. The summed E-state index contributed by atoms with van der Waals surface area (Å²) in [5.74, 6) is 0.0717. The molecule has 0 saturated heterocycles. The number of carbonyl (C=O) groups is 1. The quantitative estimate of drug-likeness (QED) is 0.857. The van der Waals surface area contributed by atoms with Gasteiger partial charge in [0.1, 0.15) is 11.3 Å². The fourth-order valence-corrected chi connectivity index (χ4v) is 2.68. The van der Waals surface area contributed by atoms with Gasteiger partial charge in [-0.25, -0.2) is 0 Å². The van der Waals surface area contributed by atoms with Crippen LogP contribution < -0.4 is 10.1 Å². The van der Waals surface area contributed by atoms with E-state index in [2.05, 4.69) is 5.32 Å². The lowest BCUT2D eigenvalue weighted by Gasteiger charge is -2.34. The lowest BCUT2D eigenvalue weighted by Crippen LogP contribution is -2.52. The maximum absolute atomic E-state index is 11.5. The van der Waals surface area contributed by atoms with Gasteiger partial charge < -0.3 is 9.84 Å². The number of carboxylic acid groups (broad SMARTS) is 1. The molecule has 1 fully saturated rings. The van der Waals surface area contributed by atoms with Crippen LogP contribution >= 0.6 is 0 Å². The summed E-state index contributed by atoms with van der Waals surface area (Å²) >= 11 is 0. The normalized spacial score (nSPS) is 17.9. The van der Waals surface area contributed by atoms with Crippen LogP contribution in [0.4, 0.5) is 0 Å². The largest absolute Gasteiger partial charge is 0.497 e. The van der Waals surface area contributed by atoms with E-state index in [1.807, 2.05) is 24.3 Å². The SMILES string of the molecule is COc1cccc(CNC2(C(=O)O)CCCCC2)c1. The minimum Gasteiger partial charge on any atom is -0.497 e. The smallest absolute Gasteiger partial charge is 0.323 e. The number of methoxy groups -OCH3 is 1. The van der Waals surface area contributed by atoms with Gasteiger partial charge in [0.05, 0.1) is 7.11 Å². The highest BCUT2D eigenvalue weighted by atomic mass is 16.5. The van der Waals surface area contributed by atoms with Crippen LogP contribution in [-0.2, 0) is 11.3 Å². The molecule has 0 bridgehead atoms. The maximum Gasteiger partial charge on any atom is 0.323 e. The Morgan fingerprint density at radius 3 is 2.74 bits per heavy atom. The molecule has 2 N–H and O–H groups in total. The second kappa shape index (κ2) is 6.06. The third-order valence-electron chi connectivity index (χ3n) is 3.88. The van der Waals surface area contributed by atoms with Gasteiger partial charge in [0, 0.05) is 6.54 Å². The number of hydrogen-bond donors (Lipinski definition) is 2. The van der Waals surface area contributed by atoms with Crippen molar-refractivity contribution < 1.29 is 14.6 Å². The molecule has 0 spiro atoms. The summed E-state index contributed by atoms with van der Waals surface area (Å²) in [7, 11) is 1.63. The summed E-state index contributed by atoms with van der Waals surface area (Å²) in [5, 5.41) is 12.7. The maximum atomic E-state index is 11.5.